The van der Waals surface area contributed by atoms with E-state index in [1.54, 1.807) is 31.2 Å². The predicted octanol–water partition coefficient (Wildman–Crippen LogP) is 2.02. The highest BCUT2D eigenvalue weighted by molar-refractivity contribution is 7.10. The second-order valence-corrected chi connectivity index (χ2v) is 6.21. The third kappa shape index (κ3) is 4.16. The molecule has 22 heavy (non-hydrogen) atoms. The normalized spacial score (nSPS) is 13.2. The molecule has 2 rings (SSSR count). The van der Waals surface area contributed by atoms with Crippen LogP contribution in [0.5, 0.6) is 0 Å². The first-order chi connectivity index (χ1) is 10.4. The molecule has 0 aliphatic rings. The molecular formula is C16H18N2O3S. The van der Waals surface area contributed by atoms with E-state index in [-0.39, 0.29) is 6.54 Å². The summed E-state index contributed by atoms with van der Waals surface area (Å²) in [6.07, 6.45) is 0. The Kier molecular flexibility index (Phi) is 4.95. The van der Waals surface area contributed by atoms with Crippen LogP contribution in [-0.4, -0.2) is 23.5 Å². The number of benzene rings is 1. The van der Waals surface area contributed by atoms with Gasteiger partial charge in [0.2, 0.25) is 0 Å². The molecule has 0 aliphatic carbocycles. The molecule has 6 heteroatoms. The number of anilines is 1. The lowest BCUT2D eigenvalue weighted by atomic mass is 10.1. The van der Waals surface area contributed by atoms with Gasteiger partial charge in [0.1, 0.15) is 5.60 Å². The Morgan fingerprint density at radius 3 is 2.64 bits per heavy atom. The van der Waals surface area contributed by atoms with Crippen LogP contribution in [0.1, 0.15) is 17.4 Å². The summed E-state index contributed by atoms with van der Waals surface area (Å²) in [6.45, 7) is 3.46. The van der Waals surface area contributed by atoms with Crippen LogP contribution in [0, 0.1) is 6.92 Å². The predicted molar refractivity (Wildman–Crippen MR) is 86.7 cm³/mol. The van der Waals surface area contributed by atoms with Crippen molar-refractivity contribution in [2.24, 2.45) is 0 Å². The third-order valence-corrected chi connectivity index (χ3v) is 4.25. The first-order valence-corrected chi connectivity index (χ1v) is 7.69. The Hall–Kier alpha value is -2.18. The Morgan fingerprint density at radius 2 is 2.00 bits per heavy atom. The average Bonchev–Trinajstić information content (AvgIpc) is 3.00. The molecule has 1 atom stereocenters. The fraction of sp³-hybridized carbons (Fsp3) is 0.250. The quantitative estimate of drug-likeness (QED) is 0.755. The summed E-state index contributed by atoms with van der Waals surface area (Å²) in [5.74, 6) is -1.54. The number of nitrogens with one attached hydrogen (secondary N) is 2. The summed E-state index contributed by atoms with van der Waals surface area (Å²) in [4.78, 5) is 24.4. The fourth-order valence-corrected chi connectivity index (χ4v) is 2.70. The van der Waals surface area contributed by atoms with Gasteiger partial charge >= 0.3 is 11.8 Å². The minimum Gasteiger partial charge on any atom is -0.383 e. The van der Waals surface area contributed by atoms with Crippen LogP contribution < -0.4 is 10.6 Å². The number of thiophene rings is 1. The number of rotatable bonds is 4. The topological polar surface area (TPSA) is 78.4 Å². The molecular weight excluding hydrogens is 300 g/mol. The zero-order chi connectivity index (χ0) is 16.2. The van der Waals surface area contributed by atoms with Crippen molar-refractivity contribution in [3.63, 3.8) is 0 Å². The van der Waals surface area contributed by atoms with Gasteiger partial charge in [0.25, 0.3) is 0 Å². The second kappa shape index (κ2) is 6.72. The number of aryl methyl sites for hydroxylation is 1. The molecule has 1 aromatic heterocycles. The van der Waals surface area contributed by atoms with Gasteiger partial charge in [-0.3, -0.25) is 9.59 Å². The Bertz CT molecular complexity index is 666. The number of carbonyl (C=O) groups excluding carboxylic acids is 2. The summed E-state index contributed by atoms with van der Waals surface area (Å²) >= 11 is 1.39. The van der Waals surface area contributed by atoms with Crippen molar-refractivity contribution >= 4 is 28.8 Å². The highest BCUT2D eigenvalue weighted by atomic mass is 32.1. The van der Waals surface area contributed by atoms with Crippen molar-refractivity contribution in [2.45, 2.75) is 19.4 Å². The lowest BCUT2D eigenvalue weighted by Crippen LogP contribution is -2.42. The van der Waals surface area contributed by atoms with E-state index in [1.165, 1.54) is 11.3 Å². The largest absolute Gasteiger partial charge is 0.383 e. The number of carbonyl (C=O) groups is 2. The molecule has 0 saturated heterocycles. The van der Waals surface area contributed by atoms with E-state index in [9.17, 15) is 14.7 Å². The molecule has 1 aromatic carbocycles. The summed E-state index contributed by atoms with van der Waals surface area (Å²) in [5.41, 5.74) is 0.344. The van der Waals surface area contributed by atoms with Gasteiger partial charge in [-0.2, -0.15) is 0 Å². The molecule has 0 spiro atoms. The van der Waals surface area contributed by atoms with E-state index in [4.69, 9.17) is 0 Å². The van der Waals surface area contributed by atoms with Gasteiger partial charge < -0.3 is 15.7 Å². The number of amides is 2. The minimum atomic E-state index is -1.20. The van der Waals surface area contributed by atoms with Gasteiger partial charge in [-0.25, -0.2) is 0 Å². The maximum absolute atomic E-state index is 11.8. The van der Waals surface area contributed by atoms with E-state index >= 15 is 0 Å². The van der Waals surface area contributed by atoms with Crippen molar-refractivity contribution in [3.05, 3.63) is 52.2 Å². The van der Waals surface area contributed by atoms with Gasteiger partial charge in [0.15, 0.2) is 0 Å². The van der Waals surface area contributed by atoms with E-state index in [0.29, 0.717) is 5.69 Å². The molecule has 116 valence electrons. The standard InChI is InChI=1S/C16H18N2O3S/c1-11-5-3-6-12(9-11)18-15(20)14(19)17-10-16(2,21)13-7-4-8-22-13/h3-9,21H,10H2,1-2H3,(H,17,19)(H,18,20). The van der Waals surface area contributed by atoms with Gasteiger partial charge in [-0.1, -0.05) is 18.2 Å². The van der Waals surface area contributed by atoms with E-state index in [1.807, 2.05) is 24.4 Å². The van der Waals surface area contributed by atoms with Crippen LogP contribution in [0.4, 0.5) is 5.69 Å². The Labute approximate surface area is 133 Å². The molecule has 1 unspecified atom stereocenters. The summed E-state index contributed by atoms with van der Waals surface area (Å²) in [6, 6.07) is 10.8. The molecule has 0 bridgehead atoms. The van der Waals surface area contributed by atoms with Crippen LogP contribution in [0.2, 0.25) is 0 Å². The zero-order valence-electron chi connectivity index (χ0n) is 12.4. The zero-order valence-corrected chi connectivity index (χ0v) is 13.2. The van der Waals surface area contributed by atoms with Gasteiger partial charge in [-0.15, -0.1) is 11.3 Å². The highest BCUT2D eigenvalue weighted by Gasteiger charge is 2.26. The summed E-state index contributed by atoms with van der Waals surface area (Å²) in [5, 5.41) is 17.1. The molecule has 2 aromatic rings. The maximum Gasteiger partial charge on any atom is 0.313 e. The molecule has 0 saturated carbocycles. The van der Waals surface area contributed by atoms with Crippen LogP contribution in [0.25, 0.3) is 0 Å². The lowest BCUT2D eigenvalue weighted by Gasteiger charge is -2.22. The van der Waals surface area contributed by atoms with Gasteiger partial charge in [-0.05, 0) is 43.0 Å². The van der Waals surface area contributed by atoms with Crippen molar-refractivity contribution in [1.82, 2.24) is 5.32 Å². The molecule has 0 aliphatic heterocycles. The van der Waals surface area contributed by atoms with Crippen molar-refractivity contribution < 1.29 is 14.7 Å². The van der Waals surface area contributed by atoms with E-state index < -0.39 is 17.4 Å². The lowest BCUT2D eigenvalue weighted by molar-refractivity contribution is -0.136. The number of hydrogen-bond donors (Lipinski definition) is 3. The smallest absolute Gasteiger partial charge is 0.313 e. The van der Waals surface area contributed by atoms with Crippen LogP contribution in [-0.2, 0) is 15.2 Å². The van der Waals surface area contributed by atoms with Crippen molar-refractivity contribution in [1.29, 1.82) is 0 Å². The monoisotopic (exact) mass is 318 g/mol. The van der Waals surface area contributed by atoms with Gasteiger partial charge in [0, 0.05) is 10.6 Å². The molecule has 1 heterocycles. The fourth-order valence-electron chi connectivity index (χ4n) is 1.92. The number of hydrogen-bond acceptors (Lipinski definition) is 4. The van der Waals surface area contributed by atoms with Crippen molar-refractivity contribution in [2.75, 3.05) is 11.9 Å². The molecule has 0 radical (unpaired) electrons. The Morgan fingerprint density at radius 1 is 1.23 bits per heavy atom. The first-order valence-electron chi connectivity index (χ1n) is 6.81. The van der Waals surface area contributed by atoms with E-state index in [0.717, 1.165) is 10.4 Å². The number of aliphatic hydroxyl groups is 1. The Balaban J connectivity index is 1.90. The highest BCUT2D eigenvalue weighted by Crippen LogP contribution is 2.24. The first kappa shape index (κ1) is 16.2. The maximum atomic E-state index is 11.8. The molecule has 3 N–H and O–H groups in total. The van der Waals surface area contributed by atoms with Crippen LogP contribution in [0.15, 0.2) is 41.8 Å². The molecule has 0 fully saturated rings. The average molecular weight is 318 g/mol. The SMILES string of the molecule is Cc1cccc(NC(=O)C(=O)NCC(C)(O)c2cccs2)c1. The second-order valence-electron chi connectivity index (χ2n) is 5.26. The molecule has 5 nitrogen and oxygen atoms in total. The minimum absolute atomic E-state index is 0.0341. The molecule has 2 amide bonds. The van der Waals surface area contributed by atoms with Gasteiger partial charge in [0.05, 0.1) is 6.54 Å². The van der Waals surface area contributed by atoms with Crippen LogP contribution in [0.3, 0.4) is 0 Å². The third-order valence-electron chi connectivity index (χ3n) is 3.13. The van der Waals surface area contributed by atoms with Crippen LogP contribution >= 0.6 is 11.3 Å². The summed E-state index contributed by atoms with van der Waals surface area (Å²) in [7, 11) is 0. The summed E-state index contributed by atoms with van der Waals surface area (Å²) < 4.78 is 0. The van der Waals surface area contributed by atoms with E-state index in [2.05, 4.69) is 10.6 Å². The van der Waals surface area contributed by atoms with Crippen molar-refractivity contribution in [3.8, 4) is 0 Å².